The van der Waals surface area contributed by atoms with Crippen LogP contribution in [0.3, 0.4) is 0 Å². The first-order chi connectivity index (χ1) is 9.72. The van der Waals surface area contributed by atoms with Crippen LogP contribution in [0.5, 0.6) is 0 Å². The maximum atomic E-state index is 12.4. The van der Waals surface area contributed by atoms with Crippen molar-refractivity contribution < 1.29 is 9.90 Å². The molecular formula is C18H29NO2. The summed E-state index contributed by atoms with van der Waals surface area (Å²) >= 11 is 0. The molecule has 21 heavy (non-hydrogen) atoms. The number of aliphatic hydroxyl groups excluding tert-OH is 1. The van der Waals surface area contributed by atoms with Crippen molar-refractivity contribution >= 4 is 5.91 Å². The molecule has 0 aliphatic carbocycles. The molecule has 2 N–H and O–H groups in total. The number of aliphatic hydroxyl groups is 1. The largest absolute Gasteiger partial charge is 0.396 e. The van der Waals surface area contributed by atoms with Crippen LogP contribution in [0, 0.1) is 6.92 Å². The third kappa shape index (κ3) is 5.16. The highest BCUT2D eigenvalue weighted by atomic mass is 16.3. The van der Waals surface area contributed by atoms with Gasteiger partial charge >= 0.3 is 0 Å². The summed E-state index contributed by atoms with van der Waals surface area (Å²) in [4.78, 5) is 12.4. The number of hydrogen-bond acceptors (Lipinski definition) is 2. The second kappa shape index (κ2) is 7.08. The molecule has 1 unspecified atom stereocenters. The van der Waals surface area contributed by atoms with Gasteiger partial charge in [0.1, 0.15) is 0 Å². The fourth-order valence-electron chi connectivity index (χ4n) is 2.46. The second-order valence-electron chi connectivity index (χ2n) is 6.86. The molecule has 0 aromatic heterocycles. The van der Waals surface area contributed by atoms with Crippen molar-refractivity contribution in [3.05, 3.63) is 35.4 Å². The molecule has 118 valence electrons. The summed E-state index contributed by atoms with van der Waals surface area (Å²) in [6.45, 7) is 10.3. The molecule has 0 radical (unpaired) electrons. The zero-order chi connectivity index (χ0) is 16.1. The lowest BCUT2D eigenvalue weighted by Crippen LogP contribution is -2.47. The molecule has 1 aromatic carbocycles. The third-order valence-corrected chi connectivity index (χ3v) is 4.32. The number of hydrogen-bond donors (Lipinski definition) is 2. The molecular weight excluding hydrogens is 262 g/mol. The Balaban J connectivity index is 2.74. The number of carbonyl (C=O) groups excluding carboxylic acids is 1. The highest BCUT2D eigenvalue weighted by molar-refractivity contribution is 5.78. The molecule has 0 aliphatic heterocycles. The van der Waals surface area contributed by atoms with Crippen LogP contribution in [0.2, 0.25) is 0 Å². The summed E-state index contributed by atoms with van der Waals surface area (Å²) < 4.78 is 0. The van der Waals surface area contributed by atoms with Gasteiger partial charge in [-0.15, -0.1) is 0 Å². The Kier molecular flexibility index (Phi) is 5.97. The number of nitrogens with one attached hydrogen (secondary N) is 1. The van der Waals surface area contributed by atoms with Crippen LogP contribution in [-0.4, -0.2) is 23.2 Å². The maximum absolute atomic E-state index is 12.4. The van der Waals surface area contributed by atoms with Gasteiger partial charge in [0.05, 0.1) is 0 Å². The summed E-state index contributed by atoms with van der Waals surface area (Å²) in [7, 11) is 0. The average Bonchev–Trinajstić information content (AvgIpc) is 2.38. The fourth-order valence-corrected chi connectivity index (χ4v) is 2.46. The molecule has 1 aromatic rings. The van der Waals surface area contributed by atoms with Crippen molar-refractivity contribution in [3.8, 4) is 0 Å². The van der Waals surface area contributed by atoms with Gasteiger partial charge in [-0.05, 0) is 37.7 Å². The lowest BCUT2D eigenvalue weighted by Gasteiger charge is -2.32. The summed E-state index contributed by atoms with van der Waals surface area (Å²) in [5.74, 6) is 0.0402. The van der Waals surface area contributed by atoms with Crippen LogP contribution < -0.4 is 5.32 Å². The first-order valence-electron chi connectivity index (χ1n) is 7.71. The van der Waals surface area contributed by atoms with Gasteiger partial charge in [-0.2, -0.15) is 0 Å². The van der Waals surface area contributed by atoms with E-state index in [1.807, 2.05) is 13.8 Å². The monoisotopic (exact) mass is 291 g/mol. The second-order valence-corrected chi connectivity index (χ2v) is 6.86. The Bertz CT molecular complexity index is 465. The van der Waals surface area contributed by atoms with Crippen LogP contribution in [0.15, 0.2) is 24.3 Å². The molecule has 1 rings (SSSR count). The van der Waals surface area contributed by atoms with Crippen LogP contribution in [0.4, 0.5) is 0 Å². The molecule has 0 aliphatic rings. The molecule has 0 fully saturated rings. The van der Waals surface area contributed by atoms with Crippen LogP contribution >= 0.6 is 0 Å². The zero-order valence-electron chi connectivity index (χ0n) is 14.0. The highest BCUT2D eigenvalue weighted by Gasteiger charge is 2.28. The quantitative estimate of drug-likeness (QED) is 0.809. The predicted octanol–water partition coefficient (Wildman–Crippen LogP) is 3.33. The SMILES string of the molecule is CCC(C)(CCO)NC(=O)CC(C)(C)c1ccc(C)cc1. The van der Waals surface area contributed by atoms with E-state index in [4.69, 9.17) is 5.11 Å². The van der Waals surface area contributed by atoms with Gasteiger partial charge in [0.15, 0.2) is 0 Å². The molecule has 1 amide bonds. The molecule has 0 spiro atoms. The predicted molar refractivity (Wildman–Crippen MR) is 87.4 cm³/mol. The summed E-state index contributed by atoms with van der Waals surface area (Å²) in [5, 5.41) is 12.2. The minimum absolute atomic E-state index is 0.0402. The minimum atomic E-state index is -0.324. The van der Waals surface area contributed by atoms with Gasteiger partial charge in [0, 0.05) is 18.6 Å². The molecule has 0 saturated carbocycles. The Morgan fingerprint density at radius 3 is 2.24 bits per heavy atom. The van der Waals surface area contributed by atoms with E-state index in [0.29, 0.717) is 12.8 Å². The summed E-state index contributed by atoms with van der Waals surface area (Å²) in [5.41, 5.74) is 1.87. The molecule has 0 heterocycles. The Morgan fingerprint density at radius 1 is 1.19 bits per heavy atom. The molecule has 0 bridgehead atoms. The first-order valence-corrected chi connectivity index (χ1v) is 7.71. The third-order valence-electron chi connectivity index (χ3n) is 4.32. The minimum Gasteiger partial charge on any atom is -0.396 e. The van der Waals surface area contributed by atoms with Crippen molar-refractivity contribution in [1.82, 2.24) is 5.32 Å². The van der Waals surface area contributed by atoms with Crippen LogP contribution in [-0.2, 0) is 10.2 Å². The van der Waals surface area contributed by atoms with Gasteiger partial charge in [0.2, 0.25) is 5.91 Å². The first kappa shape index (κ1) is 17.7. The molecule has 0 saturated heterocycles. The standard InChI is InChI=1S/C18H29NO2/c1-6-18(5,11-12-20)19-16(21)13-17(3,4)15-9-7-14(2)8-10-15/h7-10,20H,6,11-13H2,1-5H3,(H,19,21). The number of benzene rings is 1. The van der Waals surface area contributed by atoms with E-state index in [9.17, 15) is 4.79 Å². The van der Waals surface area contributed by atoms with Gasteiger partial charge in [-0.1, -0.05) is 50.6 Å². The van der Waals surface area contributed by atoms with E-state index in [-0.39, 0.29) is 23.5 Å². The summed E-state index contributed by atoms with van der Waals surface area (Å²) in [6, 6.07) is 8.35. The molecule has 3 heteroatoms. The van der Waals surface area contributed by atoms with Crippen molar-refractivity contribution in [3.63, 3.8) is 0 Å². The van der Waals surface area contributed by atoms with E-state index >= 15 is 0 Å². The van der Waals surface area contributed by atoms with Gasteiger partial charge < -0.3 is 10.4 Å². The summed E-state index contributed by atoms with van der Waals surface area (Å²) in [6.07, 6.45) is 1.83. The Hall–Kier alpha value is -1.35. The average molecular weight is 291 g/mol. The van der Waals surface area contributed by atoms with E-state index in [1.165, 1.54) is 11.1 Å². The van der Waals surface area contributed by atoms with Gasteiger partial charge in [0.25, 0.3) is 0 Å². The smallest absolute Gasteiger partial charge is 0.221 e. The van der Waals surface area contributed by atoms with Crippen molar-refractivity contribution in [2.24, 2.45) is 0 Å². The van der Waals surface area contributed by atoms with E-state index in [0.717, 1.165) is 6.42 Å². The van der Waals surface area contributed by atoms with E-state index in [1.54, 1.807) is 0 Å². The van der Waals surface area contributed by atoms with Crippen molar-refractivity contribution in [1.29, 1.82) is 0 Å². The highest BCUT2D eigenvalue weighted by Crippen LogP contribution is 2.28. The molecule has 1 atom stereocenters. The van der Waals surface area contributed by atoms with E-state index < -0.39 is 0 Å². The lowest BCUT2D eigenvalue weighted by atomic mass is 9.80. The van der Waals surface area contributed by atoms with Gasteiger partial charge in [-0.3, -0.25) is 4.79 Å². The number of rotatable bonds is 7. The van der Waals surface area contributed by atoms with Crippen LogP contribution in [0.1, 0.15) is 58.1 Å². The van der Waals surface area contributed by atoms with Crippen LogP contribution in [0.25, 0.3) is 0 Å². The molecule has 3 nitrogen and oxygen atoms in total. The lowest BCUT2D eigenvalue weighted by molar-refractivity contribution is -0.124. The zero-order valence-corrected chi connectivity index (χ0v) is 14.0. The Labute approximate surface area is 128 Å². The maximum Gasteiger partial charge on any atom is 0.221 e. The van der Waals surface area contributed by atoms with Gasteiger partial charge in [-0.25, -0.2) is 0 Å². The number of amides is 1. The number of aryl methyl sites for hydroxylation is 1. The number of carbonyl (C=O) groups is 1. The van der Waals surface area contributed by atoms with Crippen molar-refractivity contribution in [2.45, 2.75) is 64.8 Å². The topological polar surface area (TPSA) is 49.3 Å². The van der Waals surface area contributed by atoms with E-state index in [2.05, 4.69) is 50.4 Å². The Morgan fingerprint density at radius 2 is 1.76 bits per heavy atom. The fraction of sp³-hybridized carbons (Fsp3) is 0.611. The normalized spacial score (nSPS) is 14.6. The van der Waals surface area contributed by atoms with Crippen molar-refractivity contribution in [2.75, 3.05) is 6.61 Å².